The number of ether oxygens (including phenoxy) is 1. The molecular formula is C21H27N3O5S. The third-order valence-electron chi connectivity index (χ3n) is 5.90. The summed E-state index contributed by atoms with van der Waals surface area (Å²) in [6, 6.07) is 5.81. The number of carbonyl (C=O) groups is 1. The number of nitrogens with zero attached hydrogens (tertiary/aromatic N) is 3. The number of amides is 1. The van der Waals surface area contributed by atoms with E-state index in [1.807, 2.05) is 25.1 Å². The van der Waals surface area contributed by atoms with Crippen molar-refractivity contribution in [3.8, 4) is 5.75 Å². The van der Waals surface area contributed by atoms with Gasteiger partial charge in [0.05, 0.1) is 25.0 Å². The molecule has 2 aromatic rings. The van der Waals surface area contributed by atoms with Gasteiger partial charge in [-0.1, -0.05) is 22.9 Å². The summed E-state index contributed by atoms with van der Waals surface area (Å²) in [5.74, 6) is 1.00. The number of rotatable bonds is 2. The fourth-order valence-electron chi connectivity index (χ4n) is 4.43. The highest BCUT2D eigenvalue weighted by Crippen LogP contribution is 2.36. The maximum atomic E-state index is 13.2. The summed E-state index contributed by atoms with van der Waals surface area (Å²) in [6.45, 7) is 6.77. The van der Waals surface area contributed by atoms with Gasteiger partial charge in [0, 0.05) is 18.7 Å². The lowest BCUT2D eigenvalue weighted by Gasteiger charge is -2.43. The summed E-state index contributed by atoms with van der Waals surface area (Å²) in [5.41, 5.74) is 2.09. The second-order valence-corrected chi connectivity index (χ2v) is 10.4. The van der Waals surface area contributed by atoms with Gasteiger partial charge in [-0.25, -0.2) is 8.42 Å². The van der Waals surface area contributed by atoms with Gasteiger partial charge < -0.3 is 14.2 Å². The molecule has 30 heavy (non-hydrogen) atoms. The van der Waals surface area contributed by atoms with E-state index in [4.69, 9.17) is 9.26 Å². The van der Waals surface area contributed by atoms with Crippen LogP contribution in [0.1, 0.15) is 45.8 Å². The van der Waals surface area contributed by atoms with Crippen LogP contribution in [0.4, 0.5) is 0 Å². The maximum Gasteiger partial charge on any atom is 0.259 e. The number of hydrogen-bond acceptors (Lipinski definition) is 6. The average Bonchev–Trinajstić information content (AvgIpc) is 2.91. The van der Waals surface area contributed by atoms with Crippen molar-refractivity contribution in [3.05, 3.63) is 46.3 Å². The van der Waals surface area contributed by atoms with E-state index in [1.165, 1.54) is 10.6 Å². The molecule has 2 aliphatic rings. The van der Waals surface area contributed by atoms with Crippen LogP contribution < -0.4 is 4.74 Å². The van der Waals surface area contributed by atoms with Crippen LogP contribution in [0.5, 0.6) is 5.75 Å². The Hall–Kier alpha value is -2.39. The molecule has 1 fully saturated rings. The molecule has 0 N–H and O–H groups in total. The molecule has 3 heterocycles. The summed E-state index contributed by atoms with van der Waals surface area (Å²) in [6.07, 6.45) is 2.60. The van der Waals surface area contributed by atoms with Crippen LogP contribution in [-0.4, -0.2) is 60.2 Å². The minimum atomic E-state index is -3.45. The molecule has 1 atom stereocenters. The van der Waals surface area contributed by atoms with Gasteiger partial charge >= 0.3 is 0 Å². The Balaban J connectivity index is 1.70. The van der Waals surface area contributed by atoms with Crippen LogP contribution in [0, 0.1) is 20.8 Å². The summed E-state index contributed by atoms with van der Waals surface area (Å²) >= 11 is 0. The largest absolute Gasteiger partial charge is 0.484 e. The monoisotopic (exact) mass is 433 g/mol. The quantitative estimate of drug-likeness (QED) is 0.722. The van der Waals surface area contributed by atoms with Gasteiger partial charge in [-0.3, -0.25) is 4.79 Å². The van der Waals surface area contributed by atoms with Gasteiger partial charge in [0.15, 0.2) is 0 Å². The van der Waals surface area contributed by atoms with Crippen LogP contribution in [-0.2, 0) is 16.6 Å². The third-order valence-corrected chi connectivity index (χ3v) is 7.09. The van der Waals surface area contributed by atoms with Crippen molar-refractivity contribution in [2.24, 2.45) is 0 Å². The smallest absolute Gasteiger partial charge is 0.259 e. The average molecular weight is 434 g/mol. The van der Waals surface area contributed by atoms with Crippen molar-refractivity contribution in [1.82, 2.24) is 14.4 Å². The Bertz CT molecular complexity index is 1070. The highest BCUT2D eigenvalue weighted by Gasteiger charge is 2.45. The SMILES string of the molecule is Cc1ccc2c(c1)CN(S(C)(=O)=O)CC1(CCCN(C(=O)c3c(C)noc3C)C1)O2. The fraction of sp³-hybridized carbons (Fsp3) is 0.524. The van der Waals surface area contributed by atoms with Crippen molar-refractivity contribution >= 4 is 15.9 Å². The predicted octanol–water partition coefficient (Wildman–Crippen LogP) is 2.43. The Morgan fingerprint density at radius 2 is 1.97 bits per heavy atom. The van der Waals surface area contributed by atoms with Crippen molar-refractivity contribution in [2.45, 2.75) is 45.8 Å². The van der Waals surface area contributed by atoms with Crippen molar-refractivity contribution in [2.75, 3.05) is 25.9 Å². The van der Waals surface area contributed by atoms with Gasteiger partial charge in [-0.05, 0) is 39.7 Å². The van der Waals surface area contributed by atoms with Crippen molar-refractivity contribution < 1.29 is 22.5 Å². The molecule has 0 radical (unpaired) electrons. The van der Waals surface area contributed by atoms with E-state index in [9.17, 15) is 13.2 Å². The molecule has 162 valence electrons. The highest BCUT2D eigenvalue weighted by atomic mass is 32.2. The van der Waals surface area contributed by atoms with E-state index >= 15 is 0 Å². The molecule has 1 saturated heterocycles. The molecule has 1 unspecified atom stereocenters. The Kier molecular flexibility index (Phi) is 5.14. The summed E-state index contributed by atoms with van der Waals surface area (Å²) in [7, 11) is -3.45. The number of sulfonamides is 1. The Morgan fingerprint density at radius 1 is 1.20 bits per heavy atom. The predicted molar refractivity (Wildman–Crippen MR) is 111 cm³/mol. The molecule has 1 amide bonds. The number of piperidine rings is 1. The van der Waals surface area contributed by atoms with Crippen LogP contribution in [0.25, 0.3) is 0 Å². The van der Waals surface area contributed by atoms with E-state index in [0.717, 1.165) is 11.1 Å². The molecule has 8 nitrogen and oxygen atoms in total. The zero-order chi connectivity index (χ0) is 21.7. The summed E-state index contributed by atoms with van der Waals surface area (Å²) < 4.78 is 38.2. The number of benzene rings is 1. The molecule has 1 aromatic carbocycles. The molecule has 1 aromatic heterocycles. The minimum absolute atomic E-state index is 0.159. The lowest BCUT2D eigenvalue weighted by molar-refractivity contribution is -0.0106. The van der Waals surface area contributed by atoms with Gasteiger partial charge in [-0.2, -0.15) is 4.31 Å². The van der Waals surface area contributed by atoms with E-state index < -0.39 is 15.6 Å². The third kappa shape index (κ3) is 3.83. The van der Waals surface area contributed by atoms with Crippen LogP contribution >= 0.6 is 0 Å². The van der Waals surface area contributed by atoms with Gasteiger partial charge in [0.1, 0.15) is 22.7 Å². The number of aryl methyl sites for hydroxylation is 3. The first-order valence-electron chi connectivity index (χ1n) is 10.0. The molecule has 0 saturated carbocycles. The second-order valence-electron chi connectivity index (χ2n) is 8.46. The van der Waals surface area contributed by atoms with Crippen LogP contribution in [0.15, 0.2) is 22.7 Å². The first-order chi connectivity index (χ1) is 14.1. The Labute approximate surface area is 176 Å². The van der Waals surface area contributed by atoms with E-state index in [1.54, 1.807) is 18.7 Å². The first-order valence-corrected chi connectivity index (χ1v) is 11.9. The van der Waals surface area contributed by atoms with E-state index in [2.05, 4.69) is 5.16 Å². The van der Waals surface area contributed by atoms with Crippen LogP contribution in [0.2, 0.25) is 0 Å². The topological polar surface area (TPSA) is 93.0 Å². The molecule has 0 aliphatic carbocycles. The second kappa shape index (κ2) is 7.39. The molecule has 1 spiro atoms. The lowest BCUT2D eigenvalue weighted by atomic mass is 9.91. The zero-order valence-electron chi connectivity index (χ0n) is 17.8. The number of aromatic nitrogens is 1. The number of likely N-dealkylation sites (tertiary alicyclic amines) is 1. The molecule has 9 heteroatoms. The zero-order valence-corrected chi connectivity index (χ0v) is 18.6. The number of fused-ring (bicyclic) bond motifs is 1. The molecule has 0 bridgehead atoms. The first kappa shape index (κ1) is 20.9. The van der Waals surface area contributed by atoms with Crippen molar-refractivity contribution in [3.63, 3.8) is 0 Å². The van der Waals surface area contributed by atoms with Gasteiger partial charge in [0.2, 0.25) is 10.0 Å². The molecule has 4 rings (SSSR count). The summed E-state index contributed by atoms with van der Waals surface area (Å²) in [4.78, 5) is 15.0. The van der Waals surface area contributed by atoms with Gasteiger partial charge in [-0.15, -0.1) is 0 Å². The number of carbonyl (C=O) groups excluding carboxylic acids is 1. The molecular weight excluding hydrogens is 406 g/mol. The standard InChI is InChI=1S/C21H27N3O5S/c1-14-6-7-18-17(10-14)11-24(30(4,26)27)13-21(28-18)8-5-9-23(12-21)20(25)19-15(2)22-29-16(19)3/h6-7,10H,5,8-9,11-13H2,1-4H3. The lowest BCUT2D eigenvalue weighted by Crippen LogP contribution is -2.58. The fourth-order valence-corrected chi connectivity index (χ4v) is 5.27. The Morgan fingerprint density at radius 3 is 2.63 bits per heavy atom. The maximum absolute atomic E-state index is 13.2. The van der Waals surface area contributed by atoms with Crippen molar-refractivity contribution in [1.29, 1.82) is 0 Å². The van der Waals surface area contributed by atoms with E-state index in [-0.39, 0.29) is 19.0 Å². The minimum Gasteiger partial charge on any atom is -0.484 e. The summed E-state index contributed by atoms with van der Waals surface area (Å²) in [5, 5.41) is 3.89. The van der Waals surface area contributed by atoms with Gasteiger partial charge in [0.25, 0.3) is 5.91 Å². The van der Waals surface area contributed by atoms with Crippen LogP contribution in [0.3, 0.4) is 0 Å². The highest BCUT2D eigenvalue weighted by molar-refractivity contribution is 7.88. The normalized spacial score (nSPS) is 22.5. The number of hydrogen-bond donors (Lipinski definition) is 0. The molecule has 2 aliphatic heterocycles. The van der Waals surface area contributed by atoms with E-state index in [0.29, 0.717) is 48.7 Å².